The van der Waals surface area contributed by atoms with E-state index in [-0.39, 0.29) is 5.84 Å². The highest BCUT2D eigenvalue weighted by molar-refractivity contribution is 6.02. The molecule has 1 aromatic heterocycles. The minimum absolute atomic E-state index is 0.215. The normalized spacial score (nSPS) is 11.9. The van der Waals surface area contributed by atoms with Gasteiger partial charge in [-0.2, -0.15) is 0 Å². The highest BCUT2D eigenvalue weighted by Gasteiger charge is 2.08. The minimum atomic E-state index is -0.391. The van der Waals surface area contributed by atoms with Crippen molar-refractivity contribution < 1.29 is 18.8 Å². The van der Waals surface area contributed by atoms with Crippen LogP contribution in [0.5, 0.6) is 0 Å². The molecular formula is C17H15FN2O3. The summed E-state index contributed by atoms with van der Waals surface area (Å²) in [6, 6.07) is 13.0. The van der Waals surface area contributed by atoms with Gasteiger partial charge >= 0.3 is 0 Å². The Bertz CT molecular complexity index is 858. The van der Waals surface area contributed by atoms with Gasteiger partial charge in [0, 0.05) is 18.1 Å². The molecule has 2 aromatic carbocycles. The monoisotopic (exact) mass is 314 g/mol. The van der Waals surface area contributed by atoms with Crippen molar-refractivity contribution in [1.29, 1.82) is 0 Å². The number of nitrogens with one attached hydrogen (secondary N) is 1. The van der Waals surface area contributed by atoms with Crippen LogP contribution in [0.15, 0.2) is 57.9 Å². The number of methoxy groups -OCH3 is 1. The number of rotatable bonds is 4. The summed E-state index contributed by atoms with van der Waals surface area (Å²) in [5.41, 5.74) is 3.81. The van der Waals surface area contributed by atoms with Crippen molar-refractivity contribution in [3.8, 4) is 0 Å². The lowest BCUT2D eigenvalue weighted by Gasteiger charge is -2.05. The number of amidine groups is 1. The second-order valence-corrected chi connectivity index (χ2v) is 4.95. The number of aliphatic imine (C=N–C) groups is 1. The van der Waals surface area contributed by atoms with Gasteiger partial charge in [-0.3, -0.25) is 10.7 Å². The van der Waals surface area contributed by atoms with Crippen LogP contribution >= 0.6 is 0 Å². The SMILES string of the molecule is COCc1cc2cc(C(=Nc3cccc(F)c3)NO)ccc2o1. The van der Waals surface area contributed by atoms with Crippen molar-refractivity contribution in [2.75, 3.05) is 7.11 Å². The van der Waals surface area contributed by atoms with Gasteiger partial charge in [-0.05, 0) is 42.5 Å². The molecule has 0 aliphatic heterocycles. The zero-order chi connectivity index (χ0) is 16.2. The van der Waals surface area contributed by atoms with E-state index in [2.05, 4.69) is 10.5 Å². The topological polar surface area (TPSA) is 67.0 Å². The fourth-order valence-corrected chi connectivity index (χ4v) is 2.29. The molecule has 3 aromatic rings. The average molecular weight is 314 g/mol. The van der Waals surface area contributed by atoms with Gasteiger partial charge in [-0.15, -0.1) is 0 Å². The fourth-order valence-electron chi connectivity index (χ4n) is 2.29. The summed E-state index contributed by atoms with van der Waals surface area (Å²) >= 11 is 0. The van der Waals surface area contributed by atoms with Gasteiger partial charge in [0.25, 0.3) is 0 Å². The maximum absolute atomic E-state index is 13.2. The first-order chi connectivity index (χ1) is 11.2. The van der Waals surface area contributed by atoms with Gasteiger partial charge in [0.15, 0.2) is 5.84 Å². The highest BCUT2D eigenvalue weighted by Crippen LogP contribution is 2.22. The molecular weight excluding hydrogens is 299 g/mol. The molecule has 0 fully saturated rings. The third kappa shape index (κ3) is 3.39. The fraction of sp³-hybridized carbons (Fsp3) is 0.118. The van der Waals surface area contributed by atoms with Crippen LogP contribution in [0.3, 0.4) is 0 Å². The van der Waals surface area contributed by atoms with Crippen LogP contribution < -0.4 is 5.48 Å². The number of ether oxygens (including phenoxy) is 1. The second kappa shape index (κ2) is 6.60. The Morgan fingerprint density at radius 2 is 2.13 bits per heavy atom. The van der Waals surface area contributed by atoms with Crippen molar-refractivity contribution in [2.24, 2.45) is 4.99 Å². The molecule has 5 nitrogen and oxygen atoms in total. The Kier molecular flexibility index (Phi) is 4.36. The van der Waals surface area contributed by atoms with Crippen molar-refractivity contribution in [3.05, 3.63) is 65.7 Å². The predicted molar refractivity (Wildman–Crippen MR) is 84.4 cm³/mol. The van der Waals surface area contributed by atoms with E-state index >= 15 is 0 Å². The van der Waals surface area contributed by atoms with E-state index < -0.39 is 5.82 Å². The molecule has 0 saturated carbocycles. The lowest BCUT2D eigenvalue weighted by molar-refractivity contribution is 0.166. The first kappa shape index (κ1) is 15.2. The maximum Gasteiger partial charge on any atom is 0.157 e. The summed E-state index contributed by atoms with van der Waals surface area (Å²) < 4.78 is 23.9. The molecule has 0 radical (unpaired) electrons. The molecule has 23 heavy (non-hydrogen) atoms. The smallest absolute Gasteiger partial charge is 0.157 e. The van der Waals surface area contributed by atoms with Crippen LogP contribution in [0.1, 0.15) is 11.3 Å². The number of hydroxylamine groups is 1. The molecule has 0 bridgehead atoms. The number of halogens is 1. The van der Waals surface area contributed by atoms with Gasteiger partial charge in [0.1, 0.15) is 23.8 Å². The number of hydrogen-bond donors (Lipinski definition) is 2. The Morgan fingerprint density at radius 1 is 1.26 bits per heavy atom. The largest absolute Gasteiger partial charge is 0.459 e. The van der Waals surface area contributed by atoms with Crippen molar-refractivity contribution in [2.45, 2.75) is 6.61 Å². The molecule has 0 aliphatic rings. The zero-order valence-electron chi connectivity index (χ0n) is 12.4. The molecule has 0 spiro atoms. The van der Waals surface area contributed by atoms with E-state index in [0.29, 0.717) is 29.2 Å². The Balaban J connectivity index is 1.99. The van der Waals surface area contributed by atoms with Crippen LogP contribution in [0.2, 0.25) is 0 Å². The van der Waals surface area contributed by atoms with Gasteiger partial charge < -0.3 is 9.15 Å². The third-order valence-electron chi connectivity index (χ3n) is 3.28. The van der Waals surface area contributed by atoms with Crippen molar-refractivity contribution >= 4 is 22.5 Å². The van der Waals surface area contributed by atoms with Crippen LogP contribution in [-0.4, -0.2) is 18.2 Å². The Hall–Kier alpha value is -2.70. The van der Waals surface area contributed by atoms with E-state index in [1.807, 2.05) is 12.1 Å². The van der Waals surface area contributed by atoms with E-state index in [0.717, 1.165) is 5.39 Å². The third-order valence-corrected chi connectivity index (χ3v) is 3.28. The molecule has 118 valence electrons. The van der Waals surface area contributed by atoms with Crippen LogP contribution in [-0.2, 0) is 11.3 Å². The highest BCUT2D eigenvalue weighted by atomic mass is 19.1. The first-order valence-corrected chi connectivity index (χ1v) is 6.96. The average Bonchev–Trinajstić information content (AvgIpc) is 2.94. The molecule has 0 unspecified atom stereocenters. The molecule has 0 atom stereocenters. The summed E-state index contributed by atoms with van der Waals surface area (Å²) in [6.45, 7) is 0.381. The van der Waals surface area contributed by atoms with Gasteiger partial charge in [0.05, 0.1) is 5.69 Å². The number of furan rings is 1. The Morgan fingerprint density at radius 3 is 2.87 bits per heavy atom. The number of fused-ring (bicyclic) bond motifs is 1. The number of nitrogens with zero attached hydrogens (tertiary/aromatic N) is 1. The Labute approximate surface area is 132 Å². The number of hydrogen-bond acceptors (Lipinski definition) is 4. The van der Waals surface area contributed by atoms with Crippen LogP contribution in [0.25, 0.3) is 11.0 Å². The summed E-state index contributed by atoms with van der Waals surface area (Å²) in [7, 11) is 1.60. The summed E-state index contributed by atoms with van der Waals surface area (Å²) in [5.74, 6) is 0.533. The van der Waals surface area contributed by atoms with Crippen molar-refractivity contribution in [1.82, 2.24) is 5.48 Å². The van der Waals surface area contributed by atoms with E-state index in [1.165, 1.54) is 12.1 Å². The molecule has 0 aliphatic carbocycles. The minimum Gasteiger partial charge on any atom is -0.459 e. The summed E-state index contributed by atoms with van der Waals surface area (Å²) in [4.78, 5) is 4.22. The molecule has 0 saturated heterocycles. The lowest BCUT2D eigenvalue weighted by atomic mass is 10.1. The van der Waals surface area contributed by atoms with Crippen LogP contribution in [0, 0.1) is 5.82 Å². The van der Waals surface area contributed by atoms with E-state index in [9.17, 15) is 9.60 Å². The lowest BCUT2D eigenvalue weighted by Crippen LogP contribution is -2.19. The summed E-state index contributed by atoms with van der Waals surface area (Å²) in [6.07, 6.45) is 0. The van der Waals surface area contributed by atoms with Gasteiger partial charge in [0.2, 0.25) is 0 Å². The number of benzene rings is 2. The first-order valence-electron chi connectivity index (χ1n) is 6.96. The van der Waals surface area contributed by atoms with E-state index in [1.54, 1.807) is 31.4 Å². The zero-order valence-corrected chi connectivity index (χ0v) is 12.4. The van der Waals surface area contributed by atoms with Gasteiger partial charge in [-0.1, -0.05) is 6.07 Å². The second-order valence-electron chi connectivity index (χ2n) is 4.95. The van der Waals surface area contributed by atoms with E-state index in [4.69, 9.17) is 9.15 Å². The van der Waals surface area contributed by atoms with Crippen molar-refractivity contribution in [3.63, 3.8) is 0 Å². The van der Waals surface area contributed by atoms with Gasteiger partial charge in [-0.25, -0.2) is 9.38 Å². The standard InChI is InChI=1S/C17H15FN2O3/c1-22-10-15-8-12-7-11(5-6-16(12)23-15)17(20-21)19-14-4-2-3-13(18)9-14/h2-9,21H,10H2,1H3,(H,19,20). The molecule has 3 rings (SSSR count). The molecule has 1 heterocycles. The maximum atomic E-state index is 13.2. The quantitative estimate of drug-likeness (QED) is 0.437. The summed E-state index contributed by atoms with van der Waals surface area (Å²) in [5, 5.41) is 10.2. The molecule has 2 N–H and O–H groups in total. The predicted octanol–water partition coefficient (Wildman–Crippen LogP) is 3.78. The van der Waals surface area contributed by atoms with Crippen LogP contribution in [0.4, 0.5) is 10.1 Å². The molecule has 0 amide bonds. The molecule has 6 heteroatoms.